The van der Waals surface area contributed by atoms with E-state index in [2.05, 4.69) is 18.8 Å². The SMILES string of the molecule is CC(C)CCN1C(=[N+](C)C)N=C2C1C(=O)N(CC(N)=O)C(=O)N2C. The van der Waals surface area contributed by atoms with Gasteiger partial charge in [-0.2, -0.15) is 0 Å². The van der Waals surface area contributed by atoms with E-state index in [1.807, 2.05) is 23.6 Å². The Morgan fingerprint density at radius 1 is 1.33 bits per heavy atom. The maximum absolute atomic E-state index is 12.8. The lowest BCUT2D eigenvalue weighted by molar-refractivity contribution is -0.470. The van der Waals surface area contributed by atoms with Crippen molar-refractivity contribution in [2.75, 3.05) is 34.2 Å². The van der Waals surface area contributed by atoms with Crippen LogP contribution in [0.25, 0.3) is 0 Å². The van der Waals surface area contributed by atoms with Gasteiger partial charge in [-0.25, -0.2) is 9.69 Å². The fraction of sp³-hybridized carbons (Fsp3) is 0.667. The van der Waals surface area contributed by atoms with Crippen molar-refractivity contribution in [2.45, 2.75) is 26.3 Å². The van der Waals surface area contributed by atoms with Gasteiger partial charge >= 0.3 is 12.0 Å². The van der Waals surface area contributed by atoms with Gasteiger partial charge in [0.05, 0.1) is 20.6 Å². The van der Waals surface area contributed by atoms with E-state index in [-0.39, 0.29) is 0 Å². The molecular weight excluding hydrogens is 312 g/mol. The minimum atomic E-state index is -0.728. The number of amidine groups is 1. The molecule has 4 amide bonds. The molecule has 0 aromatic heterocycles. The Bertz CT molecular complexity index is 635. The normalized spacial score (nSPS) is 20.8. The Kier molecular flexibility index (Phi) is 4.91. The van der Waals surface area contributed by atoms with Gasteiger partial charge in [0.15, 0.2) is 0 Å². The molecule has 1 saturated heterocycles. The van der Waals surface area contributed by atoms with Crippen molar-refractivity contribution < 1.29 is 19.0 Å². The number of carbonyl (C=O) groups is 3. The fourth-order valence-corrected chi connectivity index (χ4v) is 2.79. The number of amides is 4. The van der Waals surface area contributed by atoms with Crippen LogP contribution in [0.5, 0.6) is 0 Å². The third kappa shape index (κ3) is 3.10. The number of hydrogen-bond acceptors (Lipinski definition) is 3. The first-order valence-corrected chi connectivity index (χ1v) is 7.92. The number of aliphatic imine (C=N–C) groups is 1. The topological polar surface area (TPSA) is 102 Å². The molecule has 2 heterocycles. The van der Waals surface area contributed by atoms with Crippen LogP contribution < -0.4 is 5.73 Å². The molecule has 1 fully saturated rings. The monoisotopic (exact) mass is 337 g/mol. The van der Waals surface area contributed by atoms with Crippen LogP contribution in [0.2, 0.25) is 0 Å². The van der Waals surface area contributed by atoms with E-state index < -0.39 is 30.4 Å². The summed E-state index contributed by atoms with van der Waals surface area (Å²) in [6, 6.07) is -1.29. The molecule has 1 atom stereocenters. The van der Waals surface area contributed by atoms with Gasteiger partial charge in [-0.05, 0) is 12.3 Å². The van der Waals surface area contributed by atoms with Crippen molar-refractivity contribution in [2.24, 2.45) is 16.6 Å². The van der Waals surface area contributed by atoms with E-state index in [0.29, 0.717) is 24.3 Å². The van der Waals surface area contributed by atoms with Crippen molar-refractivity contribution in [3.05, 3.63) is 0 Å². The van der Waals surface area contributed by atoms with Gasteiger partial charge in [-0.1, -0.05) is 18.8 Å². The van der Waals surface area contributed by atoms with Crippen molar-refractivity contribution in [3.8, 4) is 0 Å². The van der Waals surface area contributed by atoms with Crippen molar-refractivity contribution in [1.82, 2.24) is 14.7 Å². The van der Waals surface area contributed by atoms with Crippen LogP contribution in [0.4, 0.5) is 4.79 Å². The van der Waals surface area contributed by atoms with Crippen LogP contribution in [-0.4, -0.2) is 89.2 Å². The second-order valence-electron chi connectivity index (χ2n) is 6.68. The van der Waals surface area contributed by atoms with Gasteiger partial charge in [0.25, 0.3) is 5.91 Å². The van der Waals surface area contributed by atoms with E-state index in [0.717, 1.165) is 11.3 Å². The number of carbonyl (C=O) groups excluding carboxylic acids is 3. The number of likely N-dealkylation sites (N-methyl/N-ethyl adjacent to an activating group) is 1. The van der Waals surface area contributed by atoms with Gasteiger partial charge in [0.1, 0.15) is 6.54 Å². The fourth-order valence-electron chi connectivity index (χ4n) is 2.79. The number of fused-ring (bicyclic) bond motifs is 1. The number of rotatable bonds is 5. The maximum Gasteiger partial charge on any atom is 0.391 e. The van der Waals surface area contributed by atoms with E-state index in [9.17, 15) is 14.4 Å². The lowest BCUT2D eigenvalue weighted by Crippen LogP contribution is -2.65. The average Bonchev–Trinajstić information content (AvgIpc) is 2.87. The summed E-state index contributed by atoms with van der Waals surface area (Å²) in [5.41, 5.74) is 5.18. The minimum Gasteiger partial charge on any atom is -0.368 e. The molecule has 0 aliphatic carbocycles. The van der Waals surface area contributed by atoms with E-state index >= 15 is 0 Å². The number of imide groups is 1. The zero-order valence-corrected chi connectivity index (χ0v) is 14.8. The van der Waals surface area contributed by atoms with Crippen molar-refractivity contribution >= 4 is 29.6 Å². The third-order valence-corrected chi connectivity index (χ3v) is 4.05. The molecule has 132 valence electrons. The first-order valence-electron chi connectivity index (χ1n) is 7.92. The molecule has 0 spiro atoms. The van der Waals surface area contributed by atoms with Gasteiger partial charge in [-0.3, -0.25) is 24.0 Å². The van der Waals surface area contributed by atoms with Crippen LogP contribution >= 0.6 is 0 Å². The summed E-state index contributed by atoms with van der Waals surface area (Å²) < 4.78 is 1.82. The molecule has 0 radical (unpaired) electrons. The molecular formula is C15H25N6O3+. The first kappa shape index (κ1) is 17.9. The number of urea groups is 1. The lowest BCUT2D eigenvalue weighted by atomic mass is 10.1. The minimum absolute atomic E-state index is 0.387. The quantitative estimate of drug-likeness (QED) is 0.658. The molecule has 0 saturated carbocycles. The Labute approximate surface area is 141 Å². The molecule has 1 unspecified atom stereocenters. The number of primary amides is 1. The Morgan fingerprint density at radius 2 is 1.96 bits per heavy atom. The summed E-state index contributed by atoms with van der Waals surface area (Å²) in [4.78, 5) is 45.0. The standard InChI is InChI=1S/C15H24N6O3/c1-9(2)6-7-20-11-12(17-14(20)18(3)4)19(5)15(24)21(13(11)23)8-10(16)22/h9,11H,6-8H2,1-5H3,(H-,16,22)/p+1. The summed E-state index contributed by atoms with van der Waals surface area (Å²) in [6.07, 6.45) is 0.872. The zero-order chi connectivity index (χ0) is 18.2. The van der Waals surface area contributed by atoms with Crippen LogP contribution in [0, 0.1) is 5.92 Å². The number of guanidine groups is 1. The number of nitrogens with two attached hydrogens (primary N) is 1. The molecule has 2 N–H and O–H groups in total. The zero-order valence-electron chi connectivity index (χ0n) is 14.8. The van der Waals surface area contributed by atoms with Gasteiger partial charge in [0.2, 0.25) is 17.8 Å². The predicted molar refractivity (Wildman–Crippen MR) is 88.6 cm³/mol. The van der Waals surface area contributed by atoms with E-state index in [1.165, 1.54) is 4.90 Å². The number of nitrogens with zero attached hydrogens (tertiary/aromatic N) is 5. The second-order valence-corrected chi connectivity index (χ2v) is 6.68. The average molecular weight is 337 g/mol. The van der Waals surface area contributed by atoms with Gasteiger partial charge in [0, 0.05) is 7.05 Å². The number of hydrogen-bond donors (Lipinski definition) is 1. The predicted octanol–water partition coefficient (Wildman–Crippen LogP) is -0.877. The van der Waals surface area contributed by atoms with Crippen LogP contribution in [0.3, 0.4) is 0 Å². The van der Waals surface area contributed by atoms with Crippen LogP contribution in [0.1, 0.15) is 20.3 Å². The summed E-state index contributed by atoms with van der Waals surface area (Å²) in [7, 11) is 5.23. The van der Waals surface area contributed by atoms with E-state index in [4.69, 9.17) is 5.73 Å². The molecule has 9 heteroatoms. The maximum atomic E-state index is 12.8. The Hall–Kier alpha value is -2.45. The van der Waals surface area contributed by atoms with Crippen molar-refractivity contribution in [1.29, 1.82) is 0 Å². The summed E-state index contributed by atoms with van der Waals surface area (Å²) in [6.45, 7) is 4.40. The molecule has 24 heavy (non-hydrogen) atoms. The molecule has 2 aliphatic rings. The third-order valence-electron chi connectivity index (χ3n) is 4.05. The highest BCUT2D eigenvalue weighted by Crippen LogP contribution is 2.24. The largest absolute Gasteiger partial charge is 0.391 e. The Morgan fingerprint density at radius 3 is 2.46 bits per heavy atom. The highest BCUT2D eigenvalue weighted by atomic mass is 16.2. The van der Waals surface area contributed by atoms with Crippen molar-refractivity contribution in [3.63, 3.8) is 0 Å². The molecule has 0 aromatic rings. The van der Waals surface area contributed by atoms with Crippen LogP contribution in [0.15, 0.2) is 4.99 Å². The van der Waals surface area contributed by atoms with Gasteiger partial charge in [-0.15, -0.1) is 0 Å². The molecule has 2 aliphatic heterocycles. The molecule has 9 nitrogen and oxygen atoms in total. The molecule has 2 rings (SSSR count). The summed E-state index contributed by atoms with van der Waals surface area (Å²) >= 11 is 0. The smallest absolute Gasteiger partial charge is 0.368 e. The van der Waals surface area contributed by atoms with Crippen LogP contribution in [-0.2, 0) is 9.59 Å². The highest BCUT2D eigenvalue weighted by molar-refractivity contribution is 6.26. The summed E-state index contributed by atoms with van der Waals surface area (Å²) in [5, 5.41) is 0. The first-order chi connectivity index (χ1) is 11.1. The Balaban J connectivity index is 2.42. The second kappa shape index (κ2) is 6.58. The molecule has 0 aromatic carbocycles. The van der Waals surface area contributed by atoms with Gasteiger partial charge < -0.3 is 5.73 Å². The lowest BCUT2D eigenvalue weighted by Gasteiger charge is -2.34. The highest BCUT2D eigenvalue weighted by Gasteiger charge is 2.55. The molecule has 0 bridgehead atoms. The van der Waals surface area contributed by atoms with E-state index in [1.54, 1.807) is 7.05 Å². The summed E-state index contributed by atoms with van der Waals surface area (Å²) in [5.74, 6) is 0.283.